The highest BCUT2D eigenvalue weighted by Gasteiger charge is 2.09. The van der Waals surface area contributed by atoms with Crippen LogP contribution in [-0.4, -0.2) is 40.3 Å². The summed E-state index contributed by atoms with van der Waals surface area (Å²) in [5.74, 6) is 0.349. The zero-order valence-corrected chi connectivity index (χ0v) is 9.85. The van der Waals surface area contributed by atoms with E-state index in [2.05, 4.69) is 10.2 Å². The molecular weight excluding hydrogens is 232 g/mol. The minimum Gasteiger partial charge on any atom is -0.344 e. The minimum atomic E-state index is 0.00505. The molecule has 1 aromatic rings. The van der Waals surface area contributed by atoms with Gasteiger partial charge in [0.05, 0.1) is 18.2 Å². The second-order valence-electron chi connectivity index (χ2n) is 2.72. The normalized spacial score (nSPS) is 9.60. The van der Waals surface area contributed by atoms with E-state index in [1.807, 2.05) is 6.07 Å². The summed E-state index contributed by atoms with van der Waals surface area (Å²) in [5, 5.41) is 15.9. The highest BCUT2D eigenvalue weighted by Crippen LogP contribution is 2.18. The quantitative estimate of drug-likeness (QED) is 0.720. The van der Waals surface area contributed by atoms with Gasteiger partial charge in [0.15, 0.2) is 4.34 Å². The Morgan fingerprint density at radius 3 is 3.20 bits per heavy atom. The highest BCUT2D eigenvalue weighted by molar-refractivity contribution is 8.01. The summed E-state index contributed by atoms with van der Waals surface area (Å²) in [6, 6.07) is 2.00. The molecule has 80 valence electrons. The average Bonchev–Trinajstić information content (AvgIpc) is 2.75. The van der Waals surface area contributed by atoms with Gasteiger partial charge in [0.25, 0.3) is 0 Å². The molecule has 0 aliphatic carbocycles. The molecule has 0 saturated heterocycles. The van der Waals surface area contributed by atoms with Gasteiger partial charge in [-0.15, -0.1) is 10.2 Å². The third kappa shape index (κ3) is 4.27. The van der Waals surface area contributed by atoms with Crippen LogP contribution in [0.25, 0.3) is 0 Å². The Bertz CT molecular complexity index is 346. The molecule has 0 atom stereocenters. The van der Waals surface area contributed by atoms with Gasteiger partial charge in [-0.05, 0) is 0 Å². The number of nitrogens with zero attached hydrogens (tertiary/aromatic N) is 4. The highest BCUT2D eigenvalue weighted by atomic mass is 32.2. The Morgan fingerprint density at radius 2 is 2.60 bits per heavy atom. The van der Waals surface area contributed by atoms with Crippen molar-refractivity contribution in [2.75, 3.05) is 19.3 Å². The minimum absolute atomic E-state index is 0.00505. The summed E-state index contributed by atoms with van der Waals surface area (Å²) in [4.78, 5) is 13.0. The molecule has 15 heavy (non-hydrogen) atoms. The lowest BCUT2D eigenvalue weighted by atomic mass is 10.4. The van der Waals surface area contributed by atoms with E-state index in [0.717, 1.165) is 4.34 Å². The van der Waals surface area contributed by atoms with Crippen LogP contribution < -0.4 is 0 Å². The molecule has 1 heterocycles. The molecule has 0 bridgehead atoms. The van der Waals surface area contributed by atoms with Crippen LogP contribution in [0.3, 0.4) is 0 Å². The van der Waals surface area contributed by atoms with E-state index in [1.165, 1.54) is 23.1 Å². The number of aromatic nitrogens is 2. The van der Waals surface area contributed by atoms with Gasteiger partial charge >= 0.3 is 0 Å². The number of rotatable bonds is 5. The molecule has 1 aromatic heterocycles. The number of thioether (sulfide) groups is 1. The summed E-state index contributed by atoms with van der Waals surface area (Å²) in [6.07, 6.45) is 0.367. The van der Waals surface area contributed by atoms with Crippen LogP contribution in [0, 0.1) is 11.3 Å². The Hall–Kier alpha value is -1.13. The number of hydrogen-bond acceptors (Lipinski definition) is 6. The molecular formula is C8H10N4OS2. The largest absolute Gasteiger partial charge is 0.344 e. The maximum atomic E-state index is 11.5. The first-order chi connectivity index (χ1) is 7.24. The number of carbonyl (C=O) groups excluding carboxylic acids is 1. The lowest BCUT2D eigenvalue weighted by molar-refractivity contribution is -0.127. The molecule has 0 saturated carbocycles. The Kier molecular flexibility index (Phi) is 5.07. The van der Waals surface area contributed by atoms with Gasteiger partial charge in [-0.1, -0.05) is 23.1 Å². The van der Waals surface area contributed by atoms with E-state index in [4.69, 9.17) is 5.26 Å². The lowest BCUT2D eigenvalue weighted by Gasteiger charge is -2.14. The van der Waals surface area contributed by atoms with Gasteiger partial charge < -0.3 is 4.90 Å². The number of nitriles is 1. The average molecular weight is 242 g/mol. The van der Waals surface area contributed by atoms with Crippen LogP contribution in [0.2, 0.25) is 0 Å². The summed E-state index contributed by atoms with van der Waals surface area (Å²) in [5.41, 5.74) is 1.63. The molecule has 1 rings (SSSR count). The number of hydrogen-bond donors (Lipinski definition) is 0. The lowest BCUT2D eigenvalue weighted by Crippen LogP contribution is -2.29. The van der Waals surface area contributed by atoms with Crippen molar-refractivity contribution >= 4 is 29.0 Å². The van der Waals surface area contributed by atoms with Crippen LogP contribution in [0.4, 0.5) is 0 Å². The van der Waals surface area contributed by atoms with Gasteiger partial charge in [-0.2, -0.15) is 5.26 Å². The fourth-order valence-corrected chi connectivity index (χ4v) is 2.23. The van der Waals surface area contributed by atoms with E-state index in [-0.39, 0.29) is 5.91 Å². The topological polar surface area (TPSA) is 69.9 Å². The molecule has 7 heteroatoms. The first-order valence-electron chi connectivity index (χ1n) is 4.24. The molecule has 0 fully saturated rings. The Morgan fingerprint density at radius 1 is 1.80 bits per heavy atom. The maximum absolute atomic E-state index is 11.5. The second kappa shape index (κ2) is 6.37. The van der Waals surface area contributed by atoms with Crippen LogP contribution in [0.5, 0.6) is 0 Å². The van der Waals surface area contributed by atoms with Crippen molar-refractivity contribution in [3.63, 3.8) is 0 Å². The first kappa shape index (κ1) is 11.9. The first-order valence-corrected chi connectivity index (χ1v) is 6.10. The zero-order chi connectivity index (χ0) is 11.1. The van der Waals surface area contributed by atoms with Gasteiger partial charge in [0.1, 0.15) is 5.51 Å². The van der Waals surface area contributed by atoms with Crippen LogP contribution in [-0.2, 0) is 4.79 Å². The third-order valence-corrected chi connectivity index (χ3v) is 3.49. The smallest absolute Gasteiger partial charge is 0.232 e. The van der Waals surface area contributed by atoms with Gasteiger partial charge in [0, 0.05) is 13.6 Å². The van der Waals surface area contributed by atoms with Gasteiger partial charge in [-0.25, -0.2) is 0 Å². The molecule has 0 unspecified atom stereocenters. The van der Waals surface area contributed by atoms with Gasteiger partial charge in [-0.3, -0.25) is 4.79 Å². The molecule has 0 radical (unpaired) electrons. The summed E-state index contributed by atoms with van der Waals surface area (Å²) >= 11 is 2.78. The van der Waals surface area contributed by atoms with E-state index < -0.39 is 0 Å². The Balaban J connectivity index is 2.27. The second-order valence-corrected chi connectivity index (χ2v) is 4.77. The number of carbonyl (C=O) groups is 1. The SMILES string of the molecule is CN(CCC#N)C(=O)CSc1nncs1. The molecule has 1 amide bonds. The van der Waals surface area contributed by atoms with E-state index >= 15 is 0 Å². The predicted octanol–water partition coefficient (Wildman–Crippen LogP) is 1.00. The van der Waals surface area contributed by atoms with E-state index in [9.17, 15) is 4.79 Å². The van der Waals surface area contributed by atoms with E-state index in [0.29, 0.717) is 18.7 Å². The molecule has 0 aromatic carbocycles. The van der Waals surface area contributed by atoms with Crippen molar-refractivity contribution in [1.82, 2.24) is 15.1 Å². The summed E-state index contributed by atoms with van der Waals surface area (Å²) < 4.78 is 0.789. The van der Waals surface area contributed by atoms with Crippen molar-refractivity contribution < 1.29 is 4.79 Å². The third-order valence-electron chi connectivity index (χ3n) is 1.64. The fourth-order valence-electron chi connectivity index (χ4n) is 0.802. The summed E-state index contributed by atoms with van der Waals surface area (Å²) in [6.45, 7) is 0.478. The van der Waals surface area contributed by atoms with Crippen molar-refractivity contribution in [2.24, 2.45) is 0 Å². The Labute approximate surface area is 96.1 Å². The number of amides is 1. The zero-order valence-electron chi connectivity index (χ0n) is 8.21. The van der Waals surface area contributed by atoms with Crippen molar-refractivity contribution in [3.05, 3.63) is 5.51 Å². The molecule has 0 aliphatic rings. The fraction of sp³-hybridized carbons (Fsp3) is 0.500. The van der Waals surface area contributed by atoms with Crippen LogP contribution >= 0.6 is 23.1 Å². The van der Waals surface area contributed by atoms with Crippen molar-refractivity contribution in [1.29, 1.82) is 5.26 Å². The van der Waals surface area contributed by atoms with Crippen LogP contribution in [0.1, 0.15) is 6.42 Å². The molecule has 5 nitrogen and oxygen atoms in total. The van der Waals surface area contributed by atoms with E-state index in [1.54, 1.807) is 17.5 Å². The predicted molar refractivity (Wildman–Crippen MR) is 58.5 cm³/mol. The summed E-state index contributed by atoms with van der Waals surface area (Å²) in [7, 11) is 1.69. The van der Waals surface area contributed by atoms with Crippen LogP contribution in [0.15, 0.2) is 9.85 Å². The van der Waals surface area contributed by atoms with Crippen molar-refractivity contribution in [3.8, 4) is 6.07 Å². The standard InChI is InChI=1S/C8H10N4OS2/c1-12(4-2-3-9)7(13)5-14-8-11-10-6-15-8/h6H,2,4-5H2,1H3. The van der Waals surface area contributed by atoms with Gasteiger partial charge in [0.2, 0.25) is 5.91 Å². The maximum Gasteiger partial charge on any atom is 0.232 e. The monoisotopic (exact) mass is 242 g/mol. The molecule has 0 N–H and O–H groups in total. The molecule has 0 aliphatic heterocycles. The van der Waals surface area contributed by atoms with Crippen molar-refractivity contribution in [2.45, 2.75) is 10.8 Å². The molecule has 0 spiro atoms.